The summed E-state index contributed by atoms with van der Waals surface area (Å²) in [6.45, 7) is 8.40. The van der Waals surface area contributed by atoms with Gasteiger partial charge in [0.15, 0.2) is 0 Å². The molecule has 0 aliphatic rings. The Balaban J connectivity index is 2.61. The highest BCUT2D eigenvalue weighted by molar-refractivity contribution is 6.30. The van der Waals surface area contributed by atoms with Crippen LogP contribution in [0.1, 0.15) is 32.0 Å². The van der Waals surface area contributed by atoms with Gasteiger partial charge in [0.1, 0.15) is 0 Å². The standard InChI is InChI=1S/C13H16ClN3/c1-9-8-17(16-15-9)12-6-5-10(14)7-11(12)13(2,3)4/h5-8H,1-4H3. The molecule has 4 heteroatoms. The second kappa shape index (κ2) is 4.15. The number of aryl methyl sites for hydroxylation is 1. The lowest BCUT2D eigenvalue weighted by atomic mass is 9.86. The summed E-state index contributed by atoms with van der Waals surface area (Å²) in [5, 5.41) is 8.88. The summed E-state index contributed by atoms with van der Waals surface area (Å²) >= 11 is 6.07. The molecule has 0 saturated carbocycles. The molecule has 3 nitrogen and oxygen atoms in total. The van der Waals surface area contributed by atoms with E-state index in [-0.39, 0.29) is 5.41 Å². The summed E-state index contributed by atoms with van der Waals surface area (Å²) in [6.07, 6.45) is 1.92. The molecule has 2 rings (SSSR count). The van der Waals surface area contributed by atoms with Crippen molar-refractivity contribution in [2.24, 2.45) is 0 Å². The average molecular weight is 250 g/mol. The van der Waals surface area contributed by atoms with Crippen LogP contribution in [0.4, 0.5) is 0 Å². The molecule has 1 aromatic heterocycles. The summed E-state index contributed by atoms with van der Waals surface area (Å²) in [6, 6.07) is 5.86. The molecule has 0 aliphatic carbocycles. The van der Waals surface area contributed by atoms with Gasteiger partial charge in [0, 0.05) is 5.02 Å². The van der Waals surface area contributed by atoms with Gasteiger partial charge in [-0.2, -0.15) is 0 Å². The lowest BCUT2D eigenvalue weighted by Gasteiger charge is -2.22. The Kier molecular flexibility index (Phi) is 2.96. The summed E-state index contributed by atoms with van der Waals surface area (Å²) < 4.78 is 1.80. The molecule has 1 heterocycles. The highest BCUT2D eigenvalue weighted by Crippen LogP contribution is 2.30. The Labute approximate surface area is 106 Å². The van der Waals surface area contributed by atoms with Crippen LogP contribution in [0, 0.1) is 6.92 Å². The fraction of sp³-hybridized carbons (Fsp3) is 0.385. The van der Waals surface area contributed by atoms with E-state index in [0.29, 0.717) is 0 Å². The molecule has 0 unspecified atom stereocenters. The topological polar surface area (TPSA) is 30.7 Å². The lowest BCUT2D eigenvalue weighted by molar-refractivity contribution is 0.582. The summed E-state index contributed by atoms with van der Waals surface area (Å²) in [7, 11) is 0. The normalized spacial score (nSPS) is 11.8. The molecule has 2 aromatic rings. The first-order chi connectivity index (χ1) is 7.88. The highest BCUT2D eigenvalue weighted by Gasteiger charge is 2.19. The maximum atomic E-state index is 6.07. The zero-order valence-electron chi connectivity index (χ0n) is 10.5. The Bertz CT molecular complexity index is 538. The van der Waals surface area contributed by atoms with E-state index in [1.165, 1.54) is 0 Å². The average Bonchev–Trinajstić information content (AvgIpc) is 2.63. The minimum Gasteiger partial charge on any atom is -0.220 e. The third-order valence-corrected chi connectivity index (χ3v) is 2.86. The Hall–Kier alpha value is -1.35. The minimum atomic E-state index is 0.0140. The molecule has 0 N–H and O–H groups in total. The van der Waals surface area contributed by atoms with Gasteiger partial charge in [-0.15, -0.1) is 5.10 Å². The summed E-state index contributed by atoms with van der Waals surface area (Å²) in [5.74, 6) is 0. The number of hydrogen-bond acceptors (Lipinski definition) is 2. The van der Waals surface area contributed by atoms with Crippen LogP contribution in [-0.4, -0.2) is 15.0 Å². The quantitative estimate of drug-likeness (QED) is 0.774. The first-order valence-electron chi connectivity index (χ1n) is 5.57. The second-order valence-electron chi connectivity index (χ2n) is 5.22. The first kappa shape index (κ1) is 12.1. The Morgan fingerprint density at radius 2 is 1.94 bits per heavy atom. The van der Waals surface area contributed by atoms with Gasteiger partial charge >= 0.3 is 0 Å². The molecular weight excluding hydrogens is 234 g/mol. The molecule has 0 bridgehead atoms. The predicted octanol–water partition coefficient (Wildman–Crippen LogP) is 3.53. The second-order valence-corrected chi connectivity index (χ2v) is 5.65. The van der Waals surface area contributed by atoms with E-state index in [9.17, 15) is 0 Å². The number of halogens is 1. The zero-order chi connectivity index (χ0) is 12.6. The van der Waals surface area contributed by atoms with Gasteiger partial charge < -0.3 is 0 Å². The maximum absolute atomic E-state index is 6.07. The Morgan fingerprint density at radius 3 is 2.47 bits per heavy atom. The van der Waals surface area contributed by atoms with Crippen molar-refractivity contribution in [2.45, 2.75) is 33.1 Å². The van der Waals surface area contributed by atoms with Crippen LogP contribution in [0.2, 0.25) is 5.02 Å². The van der Waals surface area contributed by atoms with E-state index in [0.717, 1.165) is 22.0 Å². The Morgan fingerprint density at radius 1 is 1.24 bits per heavy atom. The molecule has 0 amide bonds. The van der Waals surface area contributed by atoms with Crippen LogP contribution in [0.3, 0.4) is 0 Å². The fourth-order valence-electron chi connectivity index (χ4n) is 1.77. The molecule has 0 saturated heterocycles. The number of rotatable bonds is 1. The van der Waals surface area contributed by atoms with Crippen LogP contribution in [0.5, 0.6) is 0 Å². The molecule has 0 spiro atoms. The third-order valence-electron chi connectivity index (χ3n) is 2.62. The van der Waals surface area contributed by atoms with Gasteiger partial charge in [0.2, 0.25) is 0 Å². The van der Waals surface area contributed by atoms with Gasteiger partial charge in [-0.1, -0.05) is 37.6 Å². The summed E-state index contributed by atoms with van der Waals surface area (Å²) in [5.41, 5.74) is 3.11. The smallest absolute Gasteiger partial charge is 0.0800 e. The molecule has 1 aromatic carbocycles. The molecule has 0 aliphatic heterocycles. The lowest BCUT2D eigenvalue weighted by Crippen LogP contribution is -2.15. The SMILES string of the molecule is Cc1cn(-c2ccc(Cl)cc2C(C)(C)C)nn1. The van der Waals surface area contributed by atoms with Crippen molar-refractivity contribution in [3.63, 3.8) is 0 Å². The molecule has 90 valence electrons. The van der Waals surface area contributed by atoms with E-state index >= 15 is 0 Å². The van der Waals surface area contributed by atoms with E-state index < -0.39 is 0 Å². The minimum absolute atomic E-state index is 0.0140. The first-order valence-corrected chi connectivity index (χ1v) is 5.95. The number of benzene rings is 1. The molecule has 0 fully saturated rings. The highest BCUT2D eigenvalue weighted by atomic mass is 35.5. The monoisotopic (exact) mass is 249 g/mol. The van der Waals surface area contributed by atoms with Crippen LogP contribution in [0.15, 0.2) is 24.4 Å². The number of aromatic nitrogens is 3. The van der Waals surface area contributed by atoms with E-state index in [4.69, 9.17) is 11.6 Å². The van der Waals surface area contributed by atoms with Crippen molar-refractivity contribution in [3.8, 4) is 5.69 Å². The van der Waals surface area contributed by atoms with Crippen molar-refractivity contribution in [1.82, 2.24) is 15.0 Å². The van der Waals surface area contributed by atoms with Crippen molar-refractivity contribution >= 4 is 11.6 Å². The molecule has 0 radical (unpaired) electrons. The third kappa shape index (κ3) is 2.50. The van der Waals surface area contributed by atoms with Gasteiger partial charge in [0.25, 0.3) is 0 Å². The van der Waals surface area contributed by atoms with E-state index in [1.807, 2.05) is 31.3 Å². The zero-order valence-corrected chi connectivity index (χ0v) is 11.3. The molecule has 0 atom stereocenters. The van der Waals surface area contributed by atoms with Gasteiger partial charge in [-0.3, -0.25) is 0 Å². The van der Waals surface area contributed by atoms with Crippen molar-refractivity contribution in [1.29, 1.82) is 0 Å². The summed E-state index contributed by atoms with van der Waals surface area (Å²) in [4.78, 5) is 0. The van der Waals surface area contributed by atoms with Crippen LogP contribution < -0.4 is 0 Å². The molecule has 17 heavy (non-hydrogen) atoms. The van der Waals surface area contributed by atoms with Crippen molar-refractivity contribution < 1.29 is 0 Å². The fourth-order valence-corrected chi connectivity index (χ4v) is 1.95. The predicted molar refractivity (Wildman–Crippen MR) is 69.8 cm³/mol. The van der Waals surface area contributed by atoms with E-state index in [2.05, 4.69) is 31.1 Å². The largest absolute Gasteiger partial charge is 0.220 e. The van der Waals surface area contributed by atoms with Gasteiger partial charge in [0.05, 0.1) is 17.6 Å². The number of hydrogen-bond donors (Lipinski definition) is 0. The van der Waals surface area contributed by atoms with Crippen LogP contribution in [-0.2, 0) is 5.41 Å². The van der Waals surface area contributed by atoms with Crippen LogP contribution in [0.25, 0.3) is 5.69 Å². The molecular formula is C13H16ClN3. The maximum Gasteiger partial charge on any atom is 0.0800 e. The van der Waals surface area contributed by atoms with E-state index in [1.54, 1.807) is 4.68 Å². The van der Waals surface area contributed by atoms with Gasteiger partial charge in [-0.25, -0.2) is 4.68 Å². The van der Waals surface area contributed by atoms with Crippen LogP contribution >= 0.6 is 11.6 Å². The number of nitrogens with zero attached hydrogens (tertiary/aromatic N) is 3. The van der Waals surface area contributed by atoms with Crippen molar-refractivity contribution in [2.75, 3.05) is 0 Å². The van der Waals surface area contributed by atoms with Crippen molar-refractivity contribution in [3.05, 3.63) is 40.7 Å². The van der Waals surface area contributed by atoms with Gasteiger partial charge in [-0.05, 0) is 36.1 Å².